The molecule has 0 atom stereocenters. The summed E-state index contributed by atoms with van der Waals surface area (Å²) in [6.45, 7) is 3.73. The van der Waals surface area contributed by atoms with Gasteiger partial charge in [0, 0.05) is 11.6 Å². The van der Waals surface area contributed by atoms with Gasteiger partial charge in [-0.15, -0.1) is 0 Å². The van der Waals surface area contributed by atoms with E-state index in [0.717, 1.165) is 5.56 Å². The highest BCUT2D eigenvalue weighted by Gasteiger charge is 2.12. The van der Waals surface area contributed by atoms with Gasteiger partial charge >= 0.3 is 11.9 Å². The monoisotopic (exact) mass is 264 g/mol. The molecule has 0 aliphatic carbocycles. The van der Waals surface area contributed by atoms with E-state index in [4.69, 9.17) is 4.74 Å². The van der Waals surface area contributed by atoms with Crippen molar-refractivity contribution >= 4 is 22.4 Å². The first-order valence-electron chi connectivity index (χ1n) is 5.64. The van der Waals surface area contributed by atoms with E-state index in [9.17, 15) is 9.59 Å². The Morgan fingerprint density at radius 3 is 2.39 bits per heavy atom. The summed E-state index contributed by atoms with van der Waals surface area (Å²) in [5, 5.41) is 0. The number of esters is 1. The minimum Gasteiger partial charge on any atom is -0.526 e. The Balaban J connectivity index is 2.77. The van der Waals surface area contributed by atoms with Gasteiger partial charge in [-0.3, -0.25) is 0 Å². The molecule has 1 rings (SSSR count). The summed E-state index contributed by atoms with van der Waals surface area (Å²) in [6.07, 6.45) is 1.60. The first kappa shape index (κ1) is 14.2. The van der Waals surface area contributed by atoms with Crippen LogP contribution in [-0.2, 0) is 14.0 Å². The maximum absolute atomic E-state index is 11.8. The molecule has 0 aliphatic rings. The normalized spacial score (nSPS) is 11.1. The second kappa shape index (κ2) is 6.76. The first-order chi connectivity index (χ1) is 8.56. The van der Waals surface area contributed by atoms with E-state index >= 15 is 0 Å². The van der Waals surface area contributed by atoms with Crippen LogP contribution in [0, 0.1) is 6.92 Å². The van der Waals surface area contributed by atoms with Gasteiger partial charge in [-0.25, -0.2) is 9.59 Å². The van der Waals surface area contributed by atoms with Crippen LogP contribution < -0.4 is 4.74 Å². The summed E-state index contributed by atoms with van der Waals surface area (Å²) in [5.74, 6) is -0.558. The van der Waals surface area contributed by atoms with Crippen molar-refractivity contribution in [3.63, 3.8) is 0 Å². The molecule has 0 aliphatic heterocycles. The lowest BCUT2D eigenvalue weighted by molar-refractivity contribution is -0.132. The summed E-state index contributed by atoms with van der Waals surface area (Å²) in [6, 6.07) is 7.13. The quantitative estimate of drug-likeness (QED) is 0.353. The molecule has 0 bridgehead atoms. The second-order valence-corrected chi connectivity index (χ2v) is 4.16. The molecule has 0 saturated heterocycles. The Morgan fingerprint density at radius 2 is 1.89 bits per heavy atom. The Morgan fingerprint density at radius 1 is 1.28 bits per heavy atom. The number of ether oxygens (including phenoxy) is 1. The maximum Gasteiger partial charge on any atom is 0.339 e. The molecule has 0 heterocycles. The van der Waals surface area contributed by atoms with E-state index in [1.54, 1.807) is 19.1 Å². The largest absolute Gasteiger partial charge is 0.526 e. The molecular weight excluding hydrogens is 248 g/mol. The van der Waals surface area contributed by atoms with Crippen LogP contribution in [0.15, 0.2) is 35.9 Å². The summed E-state index contributed by atoms with van der Waals surface area (Å²) in [7, 11) is 0.307. The van der Waals surface area contributed by atoms with E-state index in [1.165, 1.54) is 6.08 Å². The summed E-state index contributed by atoms with van der Waals surface area (Å²) in [5.41, 5.74) is 1.39. The fraction of sp³-hybridized carbons (Fsp3) is 0.231. The molecule has 4 nitrogen and oxygen atoms in total. The third-order valence-electron chi connectivity index (χ3n) is 2.37. The molecule has 0 N–H and O–H groups in total. The van der Waals surface area contributed by atoms with Gasteiger partial charge in [-0.1, -0.05) is 24.6 Å². The highest BCUT2D eigenvalue weighted by Crippen LogP contribution is 2.14. The molecule has 0 amide bonds. The first-order valence-corrected chi connectivity index (χ1v) is 6.45. The minimum absolute atomic E-state index is 0.302. The zero-order valence-corrected chi connectivity index (χ0v) is 12.7. The summed E-state index contributed by atoms with van der Waals surface area (Å²) in [4.78, 5) is 22.9. The van der Waals surface area contributed by atoms with Gasteiger partial charge in [0.2, 0.25) is 10.5 Å². The predicted octanol–water partition coefficient (Wildman–Crippen LogP) is 1.06. The van der Waals surface area contributed by atoms with Gasteiger partial charge in [-0.05, 0) is 25.5 Å². The predicted molar refractivity (Wildman–Crippen MR) is 71.2 cm³/mol. The Bertz CT molecular complexity index is 462. The van der Waals surface area contributed by atoms with Crippen molar-refractivity contribution in [3.05, 3.63) is 41.5 Å². The van der Waals surface area contributed by atoms with Crippen LogP contribution in [0.3, 0.4) is 0 Å². The standard InChI is InChI=1S/C13H16O4Si/c1-3-10(8-12(14)17-18)13(15)16-11-6-4-9(2)5-7-11/h4-8H,3H2,1-2,18H3/b10-8-. The number of benzene rings is 1. The van der Waals surface area contributed by atoms with Gasteiger partial charge in [0.1, 0.15) is 5.75 Å². The molecule has 0 fully saturated rings. The van der Waals surface area contributed by atoms with Gasteiger partial charge < -0.3 is 9.16 Å². The van der Waals surface area contributed by atoms with Crippen molar-refractivity contribution < 1.29 is 18.8 Å². The molecule has 0 spiro atoms. The topological polar surface area (TPSA) is 52.6 Å². The van der Waals surface area contributed by atoms with Gasteiger partial charge in [0.15, 0.2) is 0 Å². The van der Waals surface area contributed by atoms with Gasteiger partial charge in [-0.2, -0.15) is 0 Å². The van der Waals surface area contributed by atoms with Gasteiger partial charge in [0.05, 0.1) is 0 Å². The van der Waals surface area contributed by atoms with Crippen molar-refractivity contribution in [2.75, 3.05) is 0 Å². The van der Waals surface area contributed by atoms with Crippen LogP contribution in [-0.4, -0.2) is 22.4 Å². The summed E-state index contributed by atoms with van der Waals surface area (Å²) < 4.78 is 9.78. The number of carbonyl (C=O) groups is 2. The number of rotatable bonds is 4. The molecule has 0 radical (unpaired) electrons. The average Bonchev–Trinajstić information content (AvgIpc) is 2.38. The van der Waals surface area contributed by atoms with Crippen LogP contribution in [0.2, 0.25) is 0 Å². The van der Waals surface area contributed by atoms with E-state index in [0.29, 0.717) is 28.2 Å². The molecule has 1 aromatic rings. The second-order valence-electron chi connectivity index (χ2n) is 3.75. The smallest absolute Gasteiger partial charge is 0.339 e. The van der Waals surface area contributed by atoms with Crippen molar-refractivity contribution in [3.8, 4) is 5.75 Å². The van der Waals surface area contributed by atoms with Crippen LogP contribution in [0.5, 0.6) is 5.75 Å². The summed E-state index contributed by atoms with van der Waals surface area (Å²) >= 11 is 0. The van der Waals surface area contributed by atoms with E-state index in [1.807, 2.05) is 19.1 Å². The number of carbonyl (C=O) groups excluding carboxylic acids is 2. The van der Waals surface area contributed by atoms with Gasteiger partial charge in [0.25, 0.3) is 0 Å². The van der Waals surface area contributed by atoms with Crippen molar-refractivity contribution in [1.29, 1.82) is 0 Å². The lowest BCUT2D eigenvalue weighted by atomic mass is 10.2. The Labute approximate surface area is 109 Å². The van der Waals surface area contributed by atoms with Crippen LogP contribution in [0.1, 0.15) is 18.9 Å². The molecular formula is C13H16O4Si. The Kier molecular flexibility index (Phi) is 5.32. The molecule has 5 heteroatoms. The SMILES string of the molecule is CC/C(=C/C(=O)O[SiH3])C(=O)Oc1ccc(C)cc1. The zero-order valence-electron chi connectivity index (χ0n) is 10.7. The highest BCUT2D eigenvalue weighted by atomic mass is 28.2. The minimum atomic E-state index is -0.520. The Hall–Kier alpha value is -1.88. The molecule has 0 unspecified atom stereocenters. The van der Waals surface area contributed by atoms with Crippen LogP contribution in [0.25, 0.3) is 0 Å². The van der Waals surface area contributed by atoms with Crippen molar-refractivity contribution in [1.82, 2.24) is 0 Å². The third-order valence-corrected chi connectivity index (χ3v) is 2.77. The van der Waals surface area contributed by atoms with Crippen LogP contribution >= 0.6 is 0 Å². The molecule has 0 saturated carbocycles. The molecule has 0 aromatic heterocycles. The number of aryl methyl sites for hydroxylation is 1. The number of hydrogen-bond donors (Lipinski definition) is 0. The molecule has 96 valence electrons. The lowest BCUT2D eigenvalue weighted by Gasteiger charge is -2.06. The maximum atomic E-state index is 11.8. The van der Waals surface area contributed by atoms with Crippen molar-refractivity contribution in [2.24, 2.45) is 0 Å². The van der Waals surface area contributed by atoms with Crippen LogP contribution in [0.4, 0.5) is 0 Å². The lowest BCUT2D eigenvalue weighted by Crippen LogP contribution is -2.13. The fourth-order valence-electron chi connectivity index (χ4n) is 1.29. The molecule has 18 heavy (non-hydrogen) atoms. The fourth-order valence-corrected chi connectivity index (χ4v) is 1.40. The van der Waals surface area contributed by atoms with E-state index < -0.39 is 11.9 Å². The highest BCUT2D eigenvalue weighted by molar-refractivity contribution is 6.09. The van der Waals surface area contributed by atoms with E-state index in [2.05, 4.69) is 4.43 Å². The molecule has 1 aromatic carbocycles. The number of hydrogen-bond acceptors (Lipinski definition) is 4. The van der Waals surface area contributed by atoms with E-state index in [-0.39, 0.29) is 0 Å². The van der Waals surface area contributed by atoms with Crippen molar-refractivity contribution in [2.45, 2.75) is 20.3 Å². The average molecular weight is 264 g/mol. The third kappa shape index (κ3) is 4.18. The zero-order chi connectivity index (χ0) is 13.5.